The van der Waals surface area contributed by atoms with Gasteiger partial charge in [0.15, 0.2) is 6.29 Å². The van der Waals surface area contributed by atoms with E-state index < -0.39 is 5.97 Å². The van der Waals surface area contributed by atoms with Crippen LogP contribution in [0.1, 0.15) is 17.3 Å². The summed E-state index contributed by atoms with van der Waals surface area (Å²) in [6.07, 6.45) is 3.23. The molecular weight excluding hydrogens is 236 g/mol. The molecule has 0 aromatic heterocycles. The molecule has 1 aromatic carbocycles. The highest BCUT2D eigenvalue weighted by Crippen LogP contribution is 2.25. The average Bonchev–Trinajstić information content (AvgIpc) is 2.35. The van der Waals surface area contributed by atoms with Crippen LogP contribution in [0.4, 0.5) is 0 Å². The fraction of sp³-hybridized carbons (Fsp3) is 0.231. The van der Waals surface area contributed by atoms with Gasteiger partial charge in [-0.05, 0) is 25.1 Å². The Hall–Kier alpha value is -2.30. The first-order chi connectivity index (χ1) is 8.69. The van der Waals surface area contributed by atoms with E-state index in [4.69, 9.17) is 4.74 Å². The van der Waals surface area contributed by atoms with Crippen LogP contribution < -0.4 is 4.74 Å². The number of carbonyl (C=O) groups is 2. The lowest BCUT2D eigenvalue weighted by molar-refractivity contribution is -0.137. The quantitative estimate of drug-likeness (QED) is 0.472. The summed E-state index contributed by atoms with van der Waals surface area (Å²) in [7, 11) is 0. The molecule has 5 heteroatoms. The Morgan fingerprint density at radius 1 is 1.44 bits per heavy atom. The Labute approximate surface area is 105 Å². The molecule has 1 aromatic rings. The van der Waals surface area contributed by atoms with Crippen molar-refractivity contribution in [2.75, 3.05) is 13.2 Å². The number of rotatable bonds is 6. The molecule has 0 atom stereocenters. The molecule has 1 rings (SSSR count). The molecule has 0 aliphatic heterocycles. The summed E-state index contributed by atoms with van der Waals surface area (Å²) in [6.45, 7) is 2.13. The van der Waals surface area contributed by atoms with E-state index in [0.717, 1.165) is 0 Å². The van der Waals surface area contributed by atoms with Crippen LogP contribution in [-0.2, 0) is 9.53 Å². The molecule has 5 nitrogen and oxygen atoms in total. The van der Waals surface area contributed by atoms with Crippen LogP contribution in [0.15, 0.2) is 30.4 Å². The third-order valence-electron chi connectivity index (χ3n) is 2.04. The van der Waals surface area contributed by atoms with Crippen molar-refractivity contribution in [1.29, 1.82) is 0 Å². The van der Waals surface area contributed by atoms with Gasteiger partial charge in [0.25, 0.3) is 0 Å². The predicted octanol–water partition coefficient (Wildman–Crippen LogP) is 1.70. The molecule has 18 heavy (non-hydrogen) atoms. The first-order valence-corrected chi connectivity index (χ1v) is 5.42. The van der Waals surface area contributed by atoms with E-state index in [2.05, 4.69) is 4.74 Å². The van der Waals surface area contributed by atoms with Gasteiger partial charge in [-0.3, -0.25) is 4.79 Å². The number of aldehydes is 1. The number of hydrogen-bond acceptors (Lipinski definition) is 5. The summed E-state index contributed by atoms with van der Waals surface area (Å²) in [4.78, 5) is 21.7. The van der Waals surface area contributed by atoms with Gasteiger partial charge in [-0.2, -0.15) is 0 Å². The van der Waals surface area contributed by atoms with E-state index in [1.165, 1.54) is 18.2 Å². The summed E-state index contributed by atoms with van der Waals surface area (Å²) in [5, 5.41) is 9.40. The van der Waals surface area contributed by atoms with Crippen molar-refractivity contribution in [3.8, 4) is 11.5 Å². The second kappa shape index (κ2) is 7.11. The van der Waals surface area contributed by atoms with Crippen molar-refractivity contribution in [3.05, 3.63) is 35.9 Å². The first kappa shape index (κ1) is 13.8. The van der Waals surface area contributed by atoms with E-state index >= 15 is 0 Å². The molecular formula is C13H14O5. The molecule has 0 bridgehead atoms. The smallest absolute Gasteiger partial charge is 0.330 e. The number of aromatic hydroxyl groups is 1. The number of carbonyl (C=O) groups excluding carboxylic acids is 2. The lowest BCUT2D eigenvalue weighted by atomic mass is 10.2. The van der Waals surface area contributed by atoms with E-state index in [1.54, 1.807) is 19.1 Å². The standard InChI is InChI=1S/C13H14O5/c1-2-17-13(16)7-4-8-18-12-6-3-5-11(15)10(12)9-14/h3-7,9,15H,2,8H2,1H3/b7-4+. The van der Waals surface area contributed by atoms with Gasteiger partial charge in [0.2, 0.25) is 0 Å². The SMILES string of the molecule is CCOC(=O)/C=C/COc1cccc(O)c1C=O. The highest BCUT2D eigenvalue weighted by molar-refractivity contribution is 5.83. The third kappa shape index (κ3) is 3.93. The second-order valence-corrected chi connectivity index (χ2v) is 3.27. The van der Waals surface area contributed by atoms with Gasteiger partial charge in [0, 0.05) is 6.08 Å². The Kier molecular flexibility index (Phi) is 5.44. The van der Waals surface area contributed by atoms with Crippen LogP contribution in [0.3, 0.4) is 0 Å². The Balaban J connectivity index is 2.56. The zero-order valence-corrected chi connectivity index (χ0v) is 9.96. The van der Waals surface area contributed by atoms with Gasteiger partial charge >= 0.3 is 5.97 Å². The summed E-state index contributed by atoms with van der Waals surface area (Å²) >= 11 is 0. The van der Waals surface area contributed by atoms with E-state index in [9.17, 15) is 14.7 Å². The second-order valence-electron chi connectivity index (χ2n) is 3.27. The predicted molar refractivity (Wildman–Crippen MR) is 64.8 cm³/mol. The summed E-state index contributed by atoms with van der Waals surface area (Å²) in [5.74, 6) is -0.331. The molecule has 0 spiro atoms. The van der Waals surface area contributed by atoms with Gasteiger partial charge in [0.1, 0.15) is 18.1 Å². The number of hydrogen-bond donors (Lipinski definition) is 1. The monoisotopic (exact) mass is 250 g/mol. The summed E-state index contributed by atoms with van der Waals surface area (Å²) in [6, 6.07) is 4.51. The van der Waals surface area contributed by atoms with Gasteiger partial charge in [-0.25, -0.2) is 4.79 Å². The molecule has 1 N–H and O–H groups in total. The number of phenols is 1. The number of esters is 1. The van der Waals surface area contributed by atoms with Gasteiger partial charge in [-0.15, -0.1) is 0 Å². The molecule has 0 radical (unpaired) electrons. The van der Waals surface area contributed by atoms with Crippen LogP contribution in [0.25, 0.3) is 0 Å². The van der Waals surface area contributed by atoms with Crippen molar-refractivity contribution in [2.45, 2.75) is 6.92 Å². The molecule has 0 unspecified atom stereocenters. The molecule has 0 amide bonds. The average molecular weight is 250 g/mol. The minimum atomic E-state index is -0.451. The van der Waals surface area contributed by atoms with Crippen molar-refractivity contribution in [2.24, 2.45) is 0 Å². The maximum Gasteiger partial charge on any atom is 0.330 e. The first-order valence-electron chi connectivity index (χ1n) is 5.42. The van der Waals surface area contributed by atoms with E-state index in [-0.39, 0.29) is 23.7 Å². The van der Waals surface area contributed by atoms with Crippen LogP contribution in [0.5, 0.6) is 11.5 Å². The van der Waals surface area contributed by atoms with Crippen LogP contribution in [0.2, 0.25) is 0 Å². The largest absolute Gasteiger partial charge is 0.507 e. The fourth-order valence-electron chi connectivity index (χ4n) is 1.25. The van der Waals surface area contributed by atoms with Gasteiger partial charge in [-0.1, -0.05) is 6.07 Å². The zero-order valence-electron chi connectivity index (χ0n) is 9.96. The third-order valence-corrected chi connectivity index (χ3v) is 2.04. The molecule has 0 aliphatic rings. The summed E-state index contributed by atoms with van der Waals surface area (Å²) < 4.78 is 9.93. The molecule has 0 saturated carbocycles. The molecule has 0 aliphatic carbocycles. The zero-order chi connectivity index (χ0) is 13.4. The van der Waals surface area contributed by atoms with E-state index in [0.29, 0.717) is 12.9 Å². The number of ether oxygens (including phenoxy) is 2. The number of phenolic OH excluding ortho intramolecular Hbond substituents is 1. The topological polar surface area (TPSA) is 72.8 Å². The Morgan fingerprint density at radius 3 is 2.89 bits per heavy atom. The highest BCUT2D eigenvalue weighted by atomic mass is 16.5. The van der Waals surface area contributed by atoms with Gasteiger partial charge in [0.05, 0.1) is 12.2 Å². The highest BCUT2D eigenvalue weighted by Gasteiger charge is 2.06. The maximum absolute atomic E-state index is 11.0. The minimum Gasteiger partial charge on any atom is -0.507 e. The van der Waals surface area contributed by atoms with Crippen molar-refractivity contribution in [3.63, 3.8) is 0 Å². The Bertz CT molecular complexity index is 451. The van der Waals surface area contributed by atoms with Crippen LogP contribution in [0, 0.1) is 0 Å². The fourth-order valence-corrected chi connectivity index (χ4v) is 1.25. The minimum absolute atomic E-state index is 0.0852. The van der Waals surface area contributed by atoms with Crippen molar-refractivity contribution in [1.82, 2.24) is 0 Å². The van der Waals surface area contributed by atoms with Crippen LogP contribution in [-0.4, -0.2) is 30.6 Å². The van der Waals surface area contributed by atoms with Crippen LogP contribution >= 0.6 is 0 Å². The van der Waals surface area contributed by atoms with E-state index in [1.807, 2.05) is 0 Å². The lowest BCUT2D eigenvalue weighted by Gasteiger charge is -2.06. The molecule has 0 fully saturated rings. The molecule has 0 heterocycles. The van der Waals surface area contributed by atoms with Crippen molar-refractivity contribution >= 4 is 12.3 Å². The normalized spacial score (nSPS) is 10.3. The molecule has 0 saturated heterocycles. The number of benzene rings is 1. The molecule has 96 valence electrons. The Morgan fingerprint density at radius 2 is 2.22 bits per heavy atom. The maximum atomic E-state index is 11.0. The van der Waals surface area contributed by atoms with Crippen molar-refractivity contribution < 1.29 is 24.2 Å². The summed E-state index contributed by atoms with van der Waals surface area (Å²) in [5.41, 5.74) is 0.0852. The lowest BCUT2D eigenvalue weighted by Crippen LogP contribution is -2.01. The van der Waals surface area contributed by atoms with Gasteiger partial charge < -0.3 is 14.6 Å².